The van der Waals surface area contributed by atoms with Crippen molar-refractivity contribution in [3.8, 4) is 17.1 Å². The fourth-order valence-electron chi connectivity index (χ4n) is 4.23. The lowest BCUT2D eigenvalue weighted by molar-refractivity contribution is -0.133. The van der Waals surface area contributed by atoms with E-state index in [4.69, 9.17) is 9.26 Å². The molecule has 1 aromatic carbocycles. The van der Waals surface area contributed by atoms with Crippen LogP contribution in [0, 0.1) is 11.3 Å². The van der Waals surface area contributed by atoms with Crippen LogP contribution in [0.3, 0.4) is 0 Å². The van der Waals surface area contributed by atoms with Crippen LogP contribution in [0.2, 0.25) is 0 Å². The number of amides is 1. The molecule has 6 nitrogen and oxygen atoms in total. The molecule has 0 bridgehead atoms. The van der Waals surface area contributed by atoms with E-state index in [0.717, 1.165) is 37.1 Å². The Balaban J connectivity index is 1.63. The minimum Gasteiger partial charge on any atom is -0.497 e. The van der Waals surface area contributed by atoms with E-state index in [1.807, 2.05) is 29.2 Å². The summed E-state index contributed by atoms with van der Waals surface area (Å²) in [5.74, 6) is 2.64. The maximum Gasteiger partial charge on any atom is 0.231 e. The topological polar surface area (TPSA) is 68.5 Å². The van der Waals surface area contributed by atoms with Gasteiger partial charge in [-0.3, -0.25) is 4.79 Å². The van der Waals surface area contributed by atoms with E-state index in [1.165, 1.54) is 0 Å². The number of hydrogen-bond donors (Lipinski definition) is 0. The third-order valence-corrected chi connectivity index (χ3v) is 5.38. The summed E-state index contributed by atoms with van der Waals surface area (Å²) < 4.78 is 10.8. The smallest absolute Gasteiger partial charge is 0.231 e. The van der Waals surface area contributed by atoms with Crippen molar-refractivity contribution in [2.45, 2.75) is 59.3 Å². The van der Waals surface area contributed by atoms with Crippen LogP contribution in [-0.4, -0.2) is 41.1 Å². The standard InChI is InChI=1S/C23H33N3O3/c1-16(14-23(2,3)4)12-20(27)26-11-7-9-18(15-26)22-24-21(25-29-22)17-8-6-10-19(13-17)28-5/h6,8,10,13,16,18H,7,9,11-12,14-15H2,1-5H3. The number of aromatic nitrogens is 2. The highest BCUT2D eigenvalue weighted by Crippen LogP contribution is 2.30. The molecule has 0 N–H and O–H groups in total. The van der Waals surface area contributed by atoms with E-state index in [1.54, 1.807) is 7.11 Å². The fraction of sp³-hybridized carbons (Fsp3) is 0.609. The number of methoxy groups -OCH3 is 1. The summed E-state index contributed by atoms with van der Waals surface area (Å²) in [6, 6.07) is 7.62. The zero-order chi connectivity index (χ0) is 21.0. The number of carbonyl (C=O) groups is 1. The number of hydrogen-bond acceptors (Lipinski definition) is 5. The molecular formula is C23H33N3O3. The van der Waals surface area contributed by atoms with Gasteiger partial charge in [0.2, 0.25) is 17.6 Å². The first kappa shape index (κ1) is 21.3. The van der Waals surface area contributed by atoms with Gasteiger partial charge in [0.25, 0.3) is 0 Å². The first-order valence-corrected chi connectivity index (χ1v) is 10.5. The van der Waals surface area contributed by atoms with Crippen molar-refractivity contribution in [2.75, 3.05) is 20.2 Å². The summed E-state index contributed by atoms with van der Waals surface area (Å²) in [5, 5.41) is 4.15. The molecule has 1 saturated heterocycles. The zero-order valence-corrected chi connectivity index (χ0v) is 18.3. The Morgan fingerprint density at radius 2 is 2.17 bits per heavy atom. The number of rotatable bonds is 6. The van der Waals surface area contributed by atoms with E-state index in [9.17, 15) is 4.79 Å². The summed E-state index contributed by atoms with van der Waals surface area (Å²) >= 11 is 0. The number of benzene rings is 1. The molecule has 2 aromatic rings. The van der Waals surface area contributed by atoms with E-state index >= 15 is 0 Å². The maximum absolute atomic E-state index is 12.8. The Kier molecular flexibility index (Phi) is 6.60. The molecule has 0 aliphatic carbocycles. The van der Waals surface area contributed by atoms with Gasteiger partial charge >= 0.3 is 0 Å². The van der Waals surface area contributed by atoms with Crippen molar-refractivity contribution in [1.29, 1.82) is 0 Å². The lowest BCUT2D eigenvalue weighted by atomic mass is 9.84. The predicted molar refractivity (Wildman–Crippen MR) is 113 cm³/mol. The summed E-state index contributed by atoms with van der Waals surface area (Å²) in [6.07, 6.45) is 3.56. The highest BCUT2D eigenvalue weighted by molar-refractivity contribution is 5.76. The van der Waals surface area contributed by atoms with Crippen molar-refractivity contribution in [3.63, 3.8) is 0 Å². The molecule has 3 rings (SSSR count). The van der Waals surface area contributed by atoms with E-state index in [0.29, 0.717) is 30.6 Å². The van der Waals surface area contributed by atoms with Crippen molar-refractivity contribution >= 4 is 5.91 Å². The molecular weight excluding hydrogens is 366 g/mol. The van der Waals surface area contributed by atoms with Gasteiger partial charge in [0.05, 0.1) is 13.0 Å². The first-order valence-electron chi connectivity index (χ1n) is 10.5. The molecule has 158 valence electrons. The Hall–Kier alpha value is -2.37. The van der Waals surface area contributed by atoms with Crippen LogP contribution in [0.5, 0.6) is 5.75 Å². The van der Waals surface area contributed by atoms with E-state index in [2.05, 4.69) is 37.8 Å². The number of ether oxygens (including phenoxy) is 1. The van der Waals surface area contributed by atoms with Crippen LogP contribution in [-0.2, 0) is 4.79 Å². The van der Waals surface area contributed by atoms with Crippen LogP contribution in [0.15, 0.2) is 28.8 Å². The second kappa shape index (κ2) is 8.97. The predicted octanol–water partition coefficient (Wildman–Crippen LogP) is 4.91. The first-order chi connectivity index (χ1) is 13.7. The second-order valence-electron chi connectivity index (χ2n) is 9.44. The zero-order valence-electron chi connectivity index (χ0n) is 18.3. The van der Waals surface area contributed by atoms with Gasteiger partial charge in [-0.1, -0.05) is 45.0 Å². The Morgan fingerprint density at radius 3 is 2.90 bits per heavy atom. The van der Waals surface area contributed by atoms with Crippen molar-refractivity contribution in [3.05, 3.63) is 30.2 Å². The average molecular weight is 400 g/mol. The van der Waals surface area contributed by atoms with Crippen LogP contribution in [0.25, 0.3) is 11.4 Å². The van der Waals surface area contributed by atoms with E-state index in [-0.39, 0.29) is 17.2 Å². The van der Waals surface area contributed by atoms with E-state index < -0.39 is 0 Å². The SMILES string of the molecule is COc1cccc(-c2noc(C3CCCN(C(=O)CC(C)CC(C)(C)C)C3)n2)c1. The van der Waals surface area contributed by atoms with Gasteiger partial charge in [0, 0.05) is 25.1 Å². The fourth-order valence-corrected chi connectivity index (χ4v) is 4.23. The highest BCUT2D eigenvalue weighted by Gasteiger charge is 2.29. The molecule has 1 aromatic heterocycles. The number of likely N-dealkylation sites (tertiary alicyclic amines) is 1. The van der Waals surface area contributed by atoms with Gasteiger partial charge in [-0.25, -0.2) is 0 Å². The van der Waals surface area contributed by atoms with Crippen LogP contribution in [0.1, 0.15) is 65.2 Å². The van der Waals surface area contributed by atoms with Crippen molar-refractivity contribution < 1.29 is 14.1 Å². The Bertz CT molecular complexity index is 825. The average Bonchev–Trinajstić information content (AvgIpc) is 3.17. The quantitative estimate of drug-likeness (QED) is 0.690. The van der Waals surface area contributed by atoms with Gasteiger partial charge < -0.3 is 14.2 Å². The molecule has 2 atom stereocenters. The Morgan fingerprint density at radius 1 is 1.38 bits per heavy atom. The molecule has 6 heteroatoms. The molecule has 0 saturated carbocycles. The molecule has 1 aliphatic rings. The van der Waals surface area contributed by atoms with Crippen LogP contribution in [0.4, 0.5) is 0 Å². The largest absolute Gasteiger partial charge is 0.497 e. The molecule has 2 heterocycles. The van der Waals surface area contributed by atoms with Gasteiger partial charge in [-0.05, 0) is 42.7 Å². The lowest BCUT2D eigenvalue weighted by Crippen LogP contribution is -2.40. The number of nitrogens with zero attached hydrogens (tertiary/aromatic N) is 3. The van der Waals surface area contributed by atoms with Crippen LogP contribution < -0.4 is 4.74 Å². The van der Waals surface area contributed by atoms with Gasteiger partial charge in [-0.15, -0.1) is 0 Å². The third-order valence-electron chi connectivity index (χ3n) is 5.38. The molecule has 0 radical (unpaired) electrons. The normalized spacial score (nSPS) is 18.5. The molecule has 1 fully saturated rings. The number of piperidine rings is 1. The molecule has 1 aliphatic heterocycles. The Labute approximate surface area is 173 Å². The third kappa shape index (κ3) is 5.81. The monoisotopic (exact) mass is 399 g/mol. The highest BCUT2D eigenvalue weighted by atomic mass is 16.5. The molecule has 29 heavy (non-hydrogen) atoms. The minimum atomic E-state index is 0.0949. The molecule has 0 spiro atoms. The van der Waals surface area contributed by atoms with Crippen molar-refractivity contribution in [1.82, 2.24) is 15.0 Å². The van der Waals surface area contributed by atoms with Gasteiger partial charge in [0.1, 0.15) is 5.75 Å². The van der Waals surface area contributed by atoms with Crippen molar-refractivity contribution in [2.24, 2.45) is 11.3 Å². The van der Waals surface area contributed by atoms with Crippen LogP contribution >= 0.6 is 0 Å². The summed E-state index contributed by atoms with van der Waals surface area (Å²) in [6.45, 7) is 10.3. The van der Waals surface area contributed by atoms with Gasteiger partial charge in [0.15, 0.2) is 0 Å². The lowest BCUT2D eigenvalue weighted by Gasteiger charge is -2.32. The van der Waals surface area contributed by atoms with Gasteiger partial charge in [-0.2, -0.15) is 4.98 Å². The minimum absolute atomic E-state index is 0.0949. The maximum atomic E-state index is 12.8. The second-order valence-corrected chi connectivity index (χ2v) is 9.44. The number of carbonyl (C=O) groups excluding carboxylic acids is 1. The summed E-state index contributed by atoms with van der Waals surface area (Å²) in [7, 11) is 1.64. The molecule has 2 unspecified atom stereocenters. The summed E-state index contributed by atoms with van der Waals surface area (Å²) in [4.78, 5) is 19.4. The summed E-state index contributed by atoms with van der Waals surface area (Å²) in [5.41, 5.74) is 1.10. The molecule has 1 amide bonds.